The number of carboxylic acids is 1. The van der Waals surface area contributed by atoms with Gasteiger partial charge >= 0.3 is 11.9 Å². The number of ether oxygens (including phenoxy) is 1. The van der Waals surface area contributed by atoms with Crippen molar-refractivity contribution >= 4 is 11.9 Å². The number of carbonyl (C=O) groups excluding carboxylic acids is 1. The lowest BCUT2D eigenvalue weighted by Crippen LogP contribution is -2.30. The summed E-state index contributed by atoms with van der Waals surface area (Å²) in [4.78, 5) is 19.8. The Hall–Kier alpha value is -1.10. The summed E-state index contributed by atoms with van der Waals surface area (Å²) in [6, 6.07) is 0. The van der Waals surface area contributed by atoms with Crippen LogP contribution in [0.15, 0.2) is 0 Å². The summed E-state index contributed by atoms with van der Waals surface area (Å²) in [5.41, 5.74) is 0. The number of carbonyl (C=O) groups is 2. The van der Waals surface area contributed by atoms with Gasteiger partial charge in [-0.3, -0.25) is 0 Å². The molecular weight excluding hydrogens is 176 g/mol. The van der Waals surface area contributed by atoms with E-state index in [4.69, 9.17) is 10.2 Å². The third kappa shape index (κ3) is 8.81. The Labute approximate surface area is 77.3 Å². The second kappa shape index (κ2) is 8.99. The van der Waals surface area contributed by atoms with Gasteiger partial charge in [-0.1, -0.05) is 26.7 Å². The second-order valence-corrected chi connectivity index (χ2v) is 2.26. The van der Waals surface area contributed by atoms with Crippen LogP contribution in [0.25, 0.3) is 0 Å². The summed E-state index contributed by atoms with van der Waals surface area (Å²) in [5.74, 6) is -2.77. The molecule has 0 aromatic rings. The average Bonchev–Trinajstić information content (AvgIpc) is 2.15. The molecule has 0 bridgehead atoms. The first kappa shape index (κ1) is 14.4. The number of aliphatic carboxylic acids is 1. The molecule has 0 aliphatic heterocycles. The van der Waals surface area contributed by atoms with Crippen molar-refractivity contribution in [2.45, 2.75) is 32.8 Å². The van der Waals surface area contributed by atoms with Gasteiger partial charge < -0.3 is 14.9 Å². The Morgan fingerprint density at radius 1 is 1.31 bits per heavy atom. The van der Waals surface area contributed by atoms with Crippen LogP contribution in [0.5, 0.6) is 0 Å². The highest BCUT2D eigenvalue weighted by Crippen LogP contribution is 1.84. The normalized spacial score (nSPS) is 10.8. The van der Waals surface area contributed by atoms with E-state index in [0.717, 1.165) is 7.11 Å². The maximum atomic E-state index is 10.1. The number of esters is 1. The van der Waals surface area contributed by atoms with Gasteiger partial charge in [-0.25, -0.2) is 9.59 Å². The van der Waals surface area contributed by atoms with E-state index < -0.39 is 18.0 Å². The number of rotatable bonds is 3. The van der Waals surface area contributed by atoms with Crippen molar-refractivity contribution in [1.82, 2.24) is 0 Å². The van der Waals surface area contributed by atoms with Gasteiger partial charge in [-0.15, -0.1) is 0 Å². The van der Waals surface area contributed by atoms with Crippen molar-refractivity contribution in [3.05, 3.63) is 0 Å². The summed E-state index contributed by atoms with van der Waals surface area (Å²) in [6.45, 7) is 4.36. The van der Waals surface area contributed by atoms with Crippen LogP contribution in [0.2, 0.25) is 0 Å². The fourth-order valence-corrected chi connectivity index (χ4v) is 0.212. The highest BCUT2D eigenvalue weighted by Gasteiger charge is 2.22. The molecule has 1 unspecified atom stereocenters. The van der Waals surface area contributed by atoms with E-state index in [1.54, 1.807) is 0 Å². The van der Waals surface area contributed by atoms with Gasteiger partial charge in [0.1, 0.15) is 0 Å². The molecule has 78 valence electrons. The number of aliphatic hydroxyl groups excluding tert-OH is 1. The number of unbranched alkanes of at least 4 members (excludes halogenated alkanes) is 1. The van der Waals surface area contributed by atoms with E-state index in [9.17, 15) is 9.59 Å². The third-order valence-electron chi connectivity index (χ3n) is 1.16. The van der Waals surface area contributed by atoms with Crippen molar-refractivity contribution in [3.63, 3.8) is 0 Å². The largest absolute Gasteiger partial charge is 0.479 e. The topological polar surface area (TPSA) is 83.8 Å². The molecule has 0 saturated carbocycles. The lowest BCUT2D eigenvalue weighted by Gasteiger charge is -1.99. The van der Waals surface area contributed by atoms with Gasteiger partial charge in [-0.2, -0.15) is 0 Å². The molecule has 0 rings (SSSR count). The van der Waals surface area contributed by atoms with E-state index in [-0.39, 0.29) is 0 Å². The van der Waals surface area contributed by atoms with E-state index in [0.29, 0.717) is 0 Å². The lowest BCUT2D eigenvalue weighted by atomic mass is 10.4. The molecule has 2 N–H and O–H groups in total. The van der Waals surface area contributed by atoms with Crippen molar-refractivity contribution in [2.75, 3.05) is 7.11 Å². The highest BCUT2D eigenvalue weighted by molar-refractivity contribution is 5.96. The van der Waals surface area contributed by atoms with Crippen molar-refractivity contribution in [2.24, 2.45) is 0 Å². The first-order valence-electron chi connectivity index (χ1n) is 3.99. The smallest absolute Gasteiger partial charge is 0.346 e. The Kier molecular flexibility index (Phi) is 9.98. The molecule has 0 fully saturated rings. The maximum Gasteiger partial charge on any atom is 0.346 e. The van der Waals surface area contributed by atoms with Crippen LogP contribution < -0.4 is 0 Å². The minimum atomic E-state index is -2.06. The standard InChI is InChI=1S/C4H6O5.C4H10/c1-9-4(8)2(5)3(6)7;1-3-4-2/h2,5H,1H3,(H,6,7);3-4H2,1-2H3. The second-order valence-electron chi connectivity index (χ2n) is 2.26. The van der Waals surface area contributed by atoms with Crippen LogP contribution >= 0.6 is 0 Å². The zero-order chi connectivity index (χ0) is 10.9. The van der Waals surface area contributed by atoms with Crippen LogP contribution in [0, 0.1) is 0 Å². The molecule has 5 heteroatoms. The van der Waals surface area contributed by atoms with Gasteiger partial charge in [0.05, 0.1) is 7.11 Å². The van der Waals surface area contributed by atoms with Gasteiger partial charge in [-0.05, 0) is 0 Å². The zero-order valence-corrected chi connectivity index (χ0v) is 8.11. The molecule has 5 nitrogen and oxygen atoms in total. The molecule has 0 spiro atoms. The Morgan fingerprint density at radius 2 is 1.69 bits per heavy atom. The van der Waals surface area contributed by atoms with E-state index >= 15 is 0 Å². The number of hydrogen-bond donors (Lipinski definition) is 2. The molecule has 0 saturated heterocycles. The fraction of sp³-hybridized carbons (Fsp3) is 0.750. The van der Waals surface area contributed by atoms with E-state index in [1.807, 2.05) is 0 Å². The van der Waals surface area contributed by atoms with Gasteiger partial charge in [0, 0.05) is 0 Å². The average molecular weight is 192 g/mol. The summed E-state index contributed by atoms with van der Waals surface area (Å²) in [7, 11) is 0.995. The van der Waals surface area contributed by atoms with Crippen LogP contribution in [0.1, 0.15) is 26.7 Å². The van der Waals surface area contributed by atoms with Crippen molar-refractivity contribution in [1.29, 1.82) is 0 Å². The first-order chi connectivity index (χ1) is 6.01. The highest BCUT2D eigenvalue weighted by atomic mass is 16.5. The number of aliphatic hydroxyl groups is 1. The number of methoxy groups -OCH3 is 1. The van der Waals surface area contributed by atoms with Crippen molar-refractivity contribution in [3.8, 4) is 0 Å². The molecule has 13 heavy (non-hydrogen) atoms. The maximum absolute atomic E-state index is 10.1. The van der Waals surface area contributed by atoms with Crippen LogP contribution in [-0.2, 0) is 14.3 Å². The zero-order valence-electron chi connectivity index (χ0n) is 8.11. The molecule has 0 aromatic carbocycles. The molecular formula is C8H16O5. The minimum Gasteiger partial charge on any atom is -0.479 e. The molecule has 0 aliphatic carbocycles. The van der Waals surface area contributed by atoms with E-state index in [1.165, 1.54) is 12.8 Å². The first-order valence-corrected chi connectivity index (χ1v) is 3.99. The minimum absolute atomic E-state index is 0.995. The summed E-state index contributed by atoms with van der Waals surface area (Å²) in [6.07, 6.45) is 0.579. The Balaban J connectivity index is 0. The Bertz CT molecular complexity index is 153. The van der Waals surface area contributed by atoms with Crippen LogP contribution in [-0.4, -0.2) is 35.4 Å². The Morgan fingerprint density at radius 3 is 1.77 bits per heavy atom. The summed E-state index contributed by atoms with van der Waals surface area (Å²) >= 11 is 0. The fourth-order valence-electron chi connectivity index (χ4n) is 0.212. The van der Waals surface area contributed by atoms with Gasteiger partial charge in [0.2, 0.25) is 6.10 Å². The molecule has 1 atom stereocenters. The molecule has 0 heterocycles. The van der Waals surface area contributed by atoms with Crippen LogP contribution in [0.4, 0.5) is 0 Å². The van der Waals surface area contributed by atoms with Crippen molar-refractivity contribution < 1.29 is 24.5 Å². The lowest BCUT2D eigenvalue weighted by molar-refractivity contribution is -0.163. The quantitative estimate of drug-likeness (QED) is 0.500. The molecule has 0 amide bonds. The summed E-state index contributed by atoms with van der Waals surface area (Å²) in [5, 5.41) is 16.3. The SMILES string of the molecule is CCCC.COC(=O)C(O)C(=O)O. The summed E-state index contributed by atoms with van der Waals surface area (Å²) < 4.78 is 3.90. The van der Waals surface area contributed by atoms with Gasteiger partial charge in [0.15, 0.2) is 0 Å². The number of carboxylic acid groups (broad SMARTS) is 1. The monoisotopic (exact) mass is 192 g/mol. The third-order valence-corrected chi connectivity index (χ3v) is 1.16. The number of hydrogen-bond acceptors (Lipinski definition) is 4. The van der Waals surface area contributed by atoms with Gasteiger partial charge in [0.25, 0.3) is 0 Å². The van der Waals surface area contributed by atoms with E-state index in [2.05, 4.69) is 18.6 Å². The predicted molar refractivity (Wildman–Crippen MR) is 46.2 cm³/mol. The molecule has 0 aliphatic rings. The molecule has 0 aromatic heterocycles. The van der Waals surface area contributed by atoms with Crippen LogP contribution in [0.3, 0.4) is 0 Å². The molecule has 0 radical (unpaired) electrons. The predicted octanol–water partition coefficient (Wildman–Crippen LogP) is 0.411.